The maximum Gasteiger partial charge on any atom is 0.343 e. The molecule has 4 rings (SSSR count). The number of carbonyl (C=O) groups is 2. The molecule has 1 unspecified atom stereocenters. The molecule has 226 valence electrons. The van der Waals surface area contributed by atoms with E-state index in [0.29, 0.717) is 29.5 Å². The van der Waals surface area contributed by atoms with Crippen LogP contribution in [0.5, 0.6) is 5.75 Å². The van der Waals surface area contributed by atoms with Crippen LogP contribution in [0.2, 0.25) is 5.02 Å². The number of carbonyl (C=O) groups excluding carboxylic acids is 2. The number of nitrogens with zero attached hydrogens (tertiary/aromatic N) is 2. The van der Waals surface area contributed by atoms with Gasteiger partial charge in [0.1, 0.15) is 12.4 Å². The maximum atomic E-state index is 13.4. The lowest BCUT2D eigenvalue weighted by molar-refractivity contribution is -0.168. The molecule has 1 atom stereocenters. The lowest BCUT2D eigenvalue weighted by Gasteiger charge is -2.32. The summed E-state index contributed by atoms with van der Waals surface area (Å²) in [4.78, 5) is 30.5. The first kappa shape index (κ1) is 31.6. The van der Waals surface area contributed by atoms with Gasteiger partial charge in [-0.1, -0.05) is 35.9 Å². The molecule has 42 heavy (non-hydrogen) atoms. The number of unbranched alkanes of at least 4 members (excludes halogenated alkanes) is 2. The molecule has 0 radical (unpaired) electrons. The summed E-state index contributed by atoms with van der Waals surface area (Å²) in [6.45, 7) is 9.88. The van der Waals surface area contributed by atoms with Gasteiger partial charge >= 0.3 is 5.97 Å². The number of esters is 1. The Balaban J connectivity index is 1.71. The largest absolute Gasteiger partial charge is 0.487 e. The van der Waals surface area contributed by atoms with Gasteiger partial charge in [-0.3, -0.25) is 4.79 Å². The first-order valence-electron chi connectivity index (χ1n) is 14.9. The van der Waals surface area contributed by atoms with Gasteiger partial charge in [0.25, 0.3) is 0 Å². The van der Waals surface area contributed by atoms with Crippen molar-refractivity contribution in [3.8, 4) is 5.75 Å². The van der Waals surface area contributed by atoms with Crippen molar-refractivity contribution in [3.63, 3.8) is 0 Å². The number of methoxy groups -OCH3 is 1. The molecule has 7 nitrogen and oxygen atoms in total. The van der Waals surface area contributed by atoms with E-state index < -0.39 is 18.0 Å². The van der Waals surface area contributed by atoms with Gasteiger partial charge in [0.2, 0.25) is 5.91 Å². The van der Waals surface area contributed by atoms with Crippen molar-refractivity contribution in [1.82, 2.24) is 4.90 Å². The number of rotatable bonds is 12. The predicted molar refractivity (Wildman–Crippen MR) is 167 cm³/mol. The Hall–Kier alpha value is -3.29. The van der Waals surface area contributed by atoms with Gasteiger partial charge in [-0.15, -0.1) is 13.2 Å². The van der Waals surface area contributed by atoms with Crippen LogP contribution in [-0.2, 0) is 33.0 Å². The van der Waals surface area contributed by atoms with E-state index in [4.69, 9.17) is 21.1 Å². The molecule has 2 aliphatic rings. The average molecular weight is 595 g/mol. The van der Waals surface area contributed by atoms with Crippen LogP contribution in [-0.4, -0.2) is 54.7 Å². The van der Waals surface area contributed by atoms with Crippen molar-refractivity contribution in [2.75, 3.05) is 31.6 Å². The second kappa shape index (κ2) is 14.7. The Morgan fingerprint density at radius 1 is 1.14 bits per heavy atom. The van der Waals surface area contributed by atoms with E-state index in [1.807, 2.05) is 24.3 Å². The van der Waals surface area contributed by atoms with E-state index >= 15 is 0 Å². The summed E-state index contributed by atoms with van der Waals surface area (Å²) >= 11 is 6.31. The molecule has 0 aromatic heterocycles. The Labute approximate surface area is 254 Å². The highest BCUT2D eigenvalue weighted by atomic mass is 35.5. The van der Waals surface area contributed by atoms with Crippen molar-refractivity contribution in [2.45, 2.75) is 76.0 Å². The number of allylic oxidation sites excluding steroid dienone is 1. The third-order valence-electron chi connectivity index (χ3n) is 8.10. The minimum absolute atomic E-state index is 0.113. The number of aliphatic hydroxyl groups is 1. The summed E-state index contributed by atoms with van der Waals surface area (Å²) in [5.41, 5.74) is 1.19. The van der Waals surface area contributed by atoms with Crippen LogP contribution in [0.1, 0.15) is 68.1 Å². The highest BCUT2D eigenvalue weighted by Crippen LogP contribution is 2.38. The standard InChI is InChI=1S/C34H43ClN2O5/c1-4-6-7-9-19-36-20-10-8-11-25-21-28(35)14-12-26(25)24-42-31-17-13-27(22-30(31)36)34(40,33(39)41-3)23-32(38)37(18-5-2)29-15-16-29/h4-5,12-14,17,21-22,29,40H,1-2,6-11,15-16,18-20,23-24H2,3H3. The molecule has 1 aliphatic carbocycles. The maximum absolute atomic E-state index is 13.4. The van der Waals surface area contributed by atoms with Gasteiger partial charge in [0.15, 0.2) is 5.60 Å². The second-order valence-electron chi connectivity index (χ2n) is 11.2. The second-order valence-corrected chi connectivity index (χ2v) is 11.6. The highest BCUT2D eigenvalue weighted by molar-refractivity contribution is 6.30. The van der Waals surface area contributed by atoms with Crippen LogP contribution in [0.4, 0.5) is 5.69 Å². The highest BCUT2D eigenvalue weighted by Gasteiger charge is 2.45. The minimum Gasteiger partial charge on any atom is -0.487 e. The van der Waals surface area contributed by atoms with Gasteiger partial charge in [-0.05, 0) is 92.3 Å². The third kappa shape index (κ3) is 7.75. The van der Waals surface area contributed by atoms with E-state index in [2.05, 4.69) is 18.1 Å². The fraction of sp³-hybridized carbons (Fsp3) is 0.471. The number of hydrogen-bond donors (Lipinski definition) is 1. The van der Waals surface area contributed by atoms with Gasteiger partial charge in [-0.25, -0.2) is 4.79 Å². The molecule has 0 spiro atoms. The first-order chi connectivity index (χ1) is 20.3. The summed E-state index contributed by atoms with van der Waals surface area (Å²) in [7, 11) is 1.23. The van der Waals surface area contributed by atoms with E-state index in [1.54, 1.807) is 29.2 Å². The predicted octanol–water partition coefficient (Wildman–Crippen LogP) is 6.35. The lowest BCUT2D eigenvalue weighted by Crippen LogP contribution is -2.44. The SMILES string of the molecule is C=CCCCCN1CCCCc2cc(Cl)ccc2COc2ccc(C(O)(CC(=O)N(CC=C)C3CC3)C(=O)OC)cc21. The molecular formula is C34H43ClN2O5. The molecule has 1 amide bonds. The zero-order valence-electron chi connectivity index (χ0n) is 24.7. The number of aryl methyl sites for hydroxylation is 1. The fourth-order valence-electron chi connectivity index (χ4n) is 5.59. The molecule has 1 fully saturated rings. The van der Waals surface area contributed by atoms with Crippen LogP contribution in [0.3, 0.4) is 0 Å². The molecule has 0 saturated heterocycles. The van der Waals surface area contributed by atoms with Crippen LogP contribution >= 0.6 is 11.6 Å². The zero-order chi connectivity index (χ0) is 30.1. The molecule has 2 aromatic carbocycles. The quantitative estimate of drug-likeness (QED) is 0.175. The normalized spacial score (nSPS) is 16.5. The number of anilines is 1. The van der Waals surface area contributed by atoms with Gasteiger partial charge in [0.05, 0.1) is 19.2 Å². The average Bonchev–Trinajstić information content (AvgIpc) is 3.83. The monoisotopic (exact) mass is 594 g/mol. The first-order valence-corrected chi connectivity index (χ1v) is 15.3. The van der Waals surface area contributed by atoms with Crippen LogP contribution < -0.4 is 9.64 Å². The lowest BCUT2D eigenvalue weighted by atomic mass is 9.89. The zero-order valence-corrected chi connectivity index (χ0v) is 25.4. The summed E-state index contributed by atoms with van der Waals surface area (Å²) in [5.74, 6) is -0.532. The van der Waals surface area contributed by atoms with Crippen molar-refractivity contribution in [2.24, 2.45) is 0 Å². The van der Waals surface area contributed by atoms with E-state index in [-0.39, 0.29) is 11.9 Å². The van der Waals surface area contributed by atoms with Gasteiger partial charge < -0.3 is 24.4 Å². The van der Waals surface area contributed by atoms with Crippen molar-refractivity contribution in [1.29, 1.82) is 0 Å². The van der Waals surface area contributed by atoms with Crippen molar-refractivity contribution >= 4 is 29.2 Å². The number of benzene rings is 2. The summed E-state index contributed by atoms with van der Waals surface area (Å²) in [6.07, 6.45) is 10.7. The smallest absolute Gasteiger partial charge is 0.343 e. The van der Waals surface area contributed by atoms with Gasteiger partial charge in [-0.2, -0.15) is 0 Å². The van der Waals surface area contributed by atoms with E-state index in [9.17, 15) is 14.7 Å². The number of amides is 1. The number of hydrogen-bond acceptors (Lipinski definition) is 6. The Kier molecular flexibility index (Phi) is 11.1. The van der Waals surface area contributed by atoms with Crippen molar-refractivity contribution < 1.29 is 24.2 Å². The molecule has 1 saturated carbocycles. The van der Waals surface area contributed by atoms with Gasteiger partial charge in [0, 0.05) is 30.7 Å². The van der Waals surface area contributed by atoms with E-state index in [1.165, 1.54) is 12.7 Å². The van der Waals surface area contributed by atoms with Crippen LogP contribution in [0, 0.1) is 0 Å². The minimum atomic E-state index is -2.15. The molecular weight excluding hydrogens is 552 g/mol. The van der Waals surface area contributed by atoms with Crippen LogP contribution in [0.25, 0.3) is 0 Å². The summed E-state index contributed by atoms with van der Waals surface area (Å²) in [6, 6.07) is 11.3. The number of ether oxygens (including phenoxy) is 2. The Morgan fingerprint density at radius 2 is 1.95 bits per heavy atom. The molecule has 1 aliphatic heterocycles. The molecule has 1 N–H and O–H groups in total. The summed E-state index contributed by atoms with van der Waals surface area (Å²) in [5, 5.41) is 12.6. The number of fused-ring (bicyclic) bond motifs is 2. The topological polar surface area (TPSA) is 79.3 Å². The van der Waals surface area contributed by atoms with Crippen LogP contribution in [0.15, 0.2) is 61.7 Å². The summed E-state index contributed by atoms with van der Waals surface area (Å²) < 4.78 is 11.5. The third-order valence-corrected chi connectivity index (χ3v) is 8.34. The molecule has 8 heteroatoms. The fourth-order valence-corrected chi connectivity index (χ4v) is 5.79. The number of halogens is 1. The molecule has 0 bridgehead atoms. The Bertz CT molecular complexity index is 1280. The molecule has 1 heterocycles. The van der Waals surface area contributed by atoms with E-state index in [0.717, 1.165) is 75.7 Å². The van der Waals surface area contributed by atoms with Crippen molar-refractivity contribution in [3.05, 3.63) is 83.4 Å². The Morgan fingerprint density at radius 3 is 2.67 bits per heavy atom. The molecule has 2 aromatic rings.